The molecule has 3 heterocycles. The van der Waals surface area contributed by atoms with Crippen molar-refractivity contribution in [2.45, 2.75) is 6.42 Å². The number of halogens is 1. The molecule has 0 saturated carbocycles. The quantitative estimate of drug-likeness (QED) is 0.302. The van der Waals surface area contributed by atoms with Crippen molar-refractivity contribution < 1.29 is 4.74 Å². The van der Waals surface area contributed by atoms with Crippen LogP contribution in [0.4, 0.5) is 0 Å². The standard InChI is InChI=1S/C28H21ClN4O2/c29-24-11-21(12-26(14-24)35-10-8-20-5-2-1-3-6-20)27-13-22(23-15-31-19-32-16-23)18-33(28(27)34)25-7-4-9-30-17-25/h1-7,9,11-19H,8,10H2. The number of pyridine rings is 2. The predicted octanol–water partition coefficient (Wildman–Crippen LogP) is 5.63. The fourth-order valence-corrected chi connectivity index (χ4v) is 4.04. The first kappa shape index (κ1) is 22.5. The van der Waals surface area contributed by atoms with Gasteiger partial charge in [-0.05, 0) is 47.5 Å². The van der Waals surface area contributed by atoms with Crippen molar-refractivity contribution in [1.29, 1.82) is 0 Å². The molecule has 0 bridgehead atoms. The number of hydrogen-bond acceptors (Lipinski definition) is 5. The van der Waals surface area contributed by atoms with Crippen LogP contribution in [0.1, 0.15) is 5.56 Å². The lowest BCUT2D eigenvalue weighted by Gasteiger charge is -2.13. The minimum absolute atomic E-state index is 0.198. The average Bonchev–Trinajstić information content (AvgIpc) is 2.90. The summed E-state index contributed by atoms with van der Waals surface area (Å²) in [7, 11) is 0. The van der Waals surface area contributed by atoms with Crippen LogP contribution in [0.15, 0.2) is 109 Å². The Morgan fingerprint density at radius 2 is 1.66 bits per heavy atom. The highest BCUT2D eigenvalue weighted by atomic mass is 35.5. The number of benzene rings is 2. The molecule has 0 aliphatic carbocycles. The van der Waals surface area contributed by atoms with E-state index in [9.17, 15) is 4.79 Å². The summed E-state index contributed by atoms with van der Waals surface area (Å²) in [5, 5.41) is 0.484. The van der Waals surface area contributed by atoms with Gasteiger partial charge in [-0.3, -0.25) is 14.3 Å². The van der Waals surface area contributed by atoms with E-state index in [-0.39, 0.29) is 5.56 Å². The second-order valence-corrected chi connectivity index (χ2v) is 8.35. The molecule has 6 nitrogen and oxygen atoms in total. The van der Waals surface area contributed by atoms with Crippen molar-refractivity contribution in [3.63, 3.8) is 0 Å². The molecule has 5 rings (SSSR count). The molecular formula is C28H21ClN4O2. The van der Waals surface area contributed by atoms with Gasteiger partial charge >= 0.3 is 0 Å². The molecule has 0 N–H and O–H groups in total. The van der Waals surface area contributed by atoms with Crippen molar-refractivity contribution in [3.05, 3.63) is 125 Å². The van der Waals surface area contributed by atoms with E-state index in [4.69, 9.17) is 16.3 Å². The summed E-state index contributed by atoms with van der Waals surface area (Å²) in [5.41, 5.74) is 4.35. The maximum Gasteiger partial charge on any atom is 0.263 e. The Morgan fingerprint density at radius 3 is 2.43 bits per heavy atom. The molecule has 0 spiro atoms. The van der Waals surface area contributed by atoms with Crippen molar-refractivity contribution in [2.75, 3.05) is 6.61 Å². The number of hydrogen-bond donors (Lipinski definition) is 0. The van der Waals surface area contributed by atoms with Gasteiger partial charge in [0.2, 0.25) is 0 Å². The predicted molar refractivity (Wildman–Crippen MR) is 137 cm³/mol. The van der Waals surface area contributed by atoms with Crippen LogP contribution in [0.2, 0.25) is 5.02 Å². The highest BCUT2D eigenvalue weighted by Gasteiger charge is 2.14. The summed E-state index contributed by atoms with van der Waals surface area (Å²) in [6, 6.07) is 20.9. The monoisotopic (exact) mass is 480 g/mol. The first-order valence-electron chi connectivity index (χ1n) is 11.1. The molecular weight excluding hydrogens is 460 g/mol. The van der Waals surface area contributed by atoms with Gasteiger partial charge in [0, 0.05) is 52.9 Å². The Morgan fingerprint density at radius 1 is 0.829 bits per heavy atom. The van der Waals surface area contributed by atoms with E-state index in [1.54, 1.807) is 53.8 Å². The molecule has 7 heteroatoms. The van der Waals surface area contributed by atoms with Crippen LogP contribution < -0.4 is 10.3 Å². The largest absolute Gasteiger partial charge is 0.493 e. The van der Waals surface area contributed by atoms with Gasteiger partial charge in [0.25, 0.3) is 5.56 Å². The fourth-order valence-electron chi connectivity index (χ4n) is 3.82. The maximum atomic E-state index is 13.6. The van der Waals surface area contributed by atoms with Crippen LogP contribution in [-0.4, -0.2) is 26.1 Å². The van der Waals surface area contributed by atoms with Crippen molar-refractivity contribution in [3.8, 4) is 33.7 Å². The zero-order valence-electron chi connectivity index (χ0n) is 18.7. The van der Waals surface area contributed by atoms with Crippen molar-refractivity contribution in [2.24, 2.45) is 0 Å². The van der Waals surface area contributed by atoms with E-state index in [0.29, 0.717) is 34.2 Å². The normalized spacial score (nSPS) is 10.8. The molecule has 0 aliphatic rings. The minimum Gasteiger partial charge on any atom is -0.493 e. The second-order valence-electron chi connectivity index (χ2n) is 7.92. The molecule has 0 radical (unpaired) electrons. The number of aromatic nitrogens is 4. The highest BCUT2D eigenvalue weighted by Crippen LogP contribution is 2.30. The fraction of sp³-hybridized carbons (Fsp3) is 0.0714. The summed E-state index contributed by atoms with van der Waals surface area (Å²) in [6.07, 6.45) is 10.7. The van der Waals surface area contributed by atoms with Crippen LogP contribution >= 0.6 is 11.6 Å². The average molecular weight is 481 g/mol. The third-order valence-electron chi connectivity index (χ3n) is 5.52. The van der Waals surface area contributed by atoms with E-state index in [0.717, 1.165) is 17.5 Å². The van der Waals surface area contributed by atoms with Crippen LogP contribution in [0.3, 0.4) is 0 Å². The molecule has 0 atom stereocenters. The Hall–Kier alpha value is -4.29. The highest BCUT2D eigenvalue weighted by molar-refractivity contribution is 6.31. The minimum atomic E-state index is -0.198. The van der Waals surface area contributed by atoms with Gasteiger partial charge < -0.3 is 4.74 Å². The third-order valence-corrected chi connectivity index (χ3v) is 5.74. The summed E-state index contributed by atoms with van der Waals surface area (Å²) in [4.78, 5) is 26.0. The van der Waals surface area contributed by atoms with Crippen molar-refractivity contribution in [1.82, 2.24) is 19.5 Å². The lowest BCUT2D eigenvalue weighted by molar-refractivity contribution is 0.322. The Labute approximate surface area is 207 Å². The lowest BCUT2D eigenvalue weighted by Crippen LogP contribution is -2.20. The molecule has 0 aliphatic heterocycles. The van der Waals surface area contributed by atoms with Gasteiger partial charge in [-0.2, -0.15) is 0 Å². The zero-order chi connectivity index (χ0) is 24.0. The van der Waals surface area contributed by atoms with Crippen LogP contribution in [0.5, 0.6) is 5.75 Å². The Bertz CT molecular complexity index is 1490. The van der Waals surface area contributed by atoms with Crippen LogP contribution in [0, 0.1) is 0 Å². The van der Waals surface area contributed by atoms with E-state index in [1.807, 2.05) is 36.4 Å². The van der Waals surface area contributed by atoms with E-state index in [1.165, 1.54) is 11.9 Å². The molecule has 0 unspecified atom stereocenters. The van der Waals surface area contributed by atoms with Gasteiger partial charge in [-0.15, -0.1) is 0 Å². The van der Waals surface area contributed by atoms with Gasteiger partial charge in [0.05, 0.1) is 18.5 Å². The number of nitrogens with zero attached hydrogens (tertiary/aromatic N) is 4. The molecule has 0 fully saturated rings. The second kappa shape index (κ2) is 10.3. The molecule has 0 amide bonds. The molecule has 2 aromatic carbocycles. The SMILES string of the molecule is O=c1c(-c2cc(Cl)cc(OCCc3ccccc3)c2)cc(-c2cncnc2)cn1-c1cccnc1. The van der Waals surface area contributed by atoms with Gasteiger partial charge in [0.15, 0.2) is 0 Å². The topological polar surface area (TPSA) is 69.9 Å². The lowest BCUT2D eigenvalue weighted by atomic mass is 10.0. The van der Waals surface area contributed by atoms with Crippen LogP contribution in [0.25, 0.3) is 27.9 Å². The van der Waals surface area contributed by atoms with E-state index in [2.05, 4.69) is 27.1 Å². The first-order chi connectivity index (χ1) is 17.2. The summed E-state index contributed by atoms with van der Waals surface area (Å²) < 4.78 is 7.57. The smallest absolute Gasteiger partial charge is 0.263 e. The Balaban J connectivity index is 1.55. The third kappa shape index (κ3) is 5.28. The maximum absolute atomic E-state index is 13.6. The molecule has 3 aromatic heterocycles. The first-order valence-corrected chi connectivity index (χ1v) is 11.5. The van der Waals surface area contributed by atoms with Gasteiger partial charge in [-0.25, -0.2) is 9.97 Å². The summed E-state index contributed by atoms with van der Waals surface area (Å²) in [5.74, 6) is 0.601. The molecule has 35 heavy (non-hydrogen) atoms. The number of rotatable bonds is 7. The summed E-state index contributed by atoms with van der Waals surface area (Å²) >= 11 is 6.44. The van der Waals surface area contributed by atoms with E-state index >= 15 is 0 Å². The molecule has 172 valence electrons. The molecule has 0 saturated heterocycles. The van der Waals surface area contributed by atoms with Crippen LogP contribution in [-0.2, 0) is 6.42 Å². The van der Waals surface area contributed by atoms with Gasteiger partial charge in [-0.1, -0.05) is 41.9 Å². The van der Waals surface area contributed by atoms with Gasteiger partial charge in [0.1, 0.15) is 12.1 Å². The van der Waals surface area contributed by atoms with E-state index < -0.39 is 0 Å². The Kier molecular flexibility index (Phi) is 6.63. The summed E-state index contributed by atoms with van der Waals surface area (Å²) in [6.45, 7) is 0.491. The van der Waals surface area contributed by atoms with Crippen molar-refractivity contribution >= 4 is 11.6 Å². The molecule has 5 aromatic rings. The zero-order valence-corrected chi connectivity index (χ0v) is 19.5. The number of ether oxygens (including phenoxy) is 1.